The van der Waals surface area contributed by atoms with E-state index in [1.165, 1.54) is 4.68 Å². The lowest BCUT2D eigenvalue weighted by molar-refractivity contribution is -0.146. The summed E-state index contributed by atoms with van der Waals surface area (Å²) >= 11 is 0. The highest BCUT2D eigenvalue weighted by Gasteiger charge is 2.84. The number of nitrogens with zero attached hydrogens (tertiary/aromatic N) is 3. The highest BCUT2D eigenvalue weighted by molar-refractivity contribution is 5.83. The number of carbonyl (C=O) groups is 1. The number of ketones is 1. The SMILES string of the molecule is C[C@@]1(O)CC[C@H]2[C@H](CC[C@@H]3[C@@H]2CC[C@@]2(C)[C@H]3[C@H]3[C@@H]([C@@H]2C(=O)Cn2ccc(C#N)n2)C3(F)F)C1. The molecule has 1 N–H and O–H groups in total. The fourth-order valence-electron chi connectivity index (χ4n) is 9.41. The smallest absolute Gasteiger partial charge is 0.255 e. The van der Waals surface area contributed by atoms with E-state index < -0.39 is 29.3 Å². The van der Waals surface area contributed by atoms with E-state index in [1.807, 2.05) is 13.0 Å². The number of hydrogen-bond acceptors (Lipinski definition) is 4. The lowest BCUT2D eigenvalue weighted by Gasteiger charge is -2.57. The summed E-state index contributed by atoms with van der Waals surface area (Å²) < 4.78 is 31.7. The zero-order valence-electron chi connectivity index (χ0n) is 19.4. The number of halogens is 2. The van der Waals surface area contributed by atoms with Gasteiger partial charge in [-0.05, 0) is 92.9 Å². The Balaban J connectivity index is 1.28. The summed E-state index contributed by atoms with van der Waals surface area (Å²) in [5.41, 5.74) is -0.737. The summed E-state index contributed by atoms with van der Waals surface area (Å²) in [7, 11) is 0. The minimum atomic E-state index is -2.75. The minimum Gasteiger partial charge on any atom is -0.390 e. The third-order valence-corrected chi connectivity index (χ3v) is 10.6. The van der Waals surface area contributed by atoms with E-state index in [0.29, 0.717) is 17.8 Å². The van der Waals surface area contributed by atoms with E-state index in [4.69, 9.17) is 5.26 Å². The molecule has 0 aromatic carbocycles. The number of nitriles is 1. The van der Waals surface area contributed by atoms with Crippen LogP contribution in [0.1, 0.15) is 64.5 Å². The van der Waals surface area contributed by atoms with Crippen molar-refractivity contribution in [3.05, 3.63) is 18.0 Å². The second-order valence-corrected chi connectivity index (χ2v) is 12.3. The number of rotatable bonds is 3. The third kappa shape index (κ3) is 3.02. The molecule has 1 heterocycles. The molecule has 0 saturated heterocycles. The van der Waals surface area contributed by atoms with Gasteiger partial charge in [-0.2, -0.15) is 10.4 Å². The number of carbonyl (C=O) groups excluding carboxylic acids is 1. The molecule has 10 atom stereocenters. The molecule has 5 aliphatic carbocycles. The van der Waals surface area contributed by atoms with Crippen molar-refractivity contribution in [2.45, 2.75) is 76.9 Å². The first-order chi connectivity index (χ1) is 15.6. The van der Waals surface area contributed by atoms with Gasteiger partial charge in [-0.25, -0.2) is 8.78 Å². The zero-order valence-corrected chi connectivity index (χ0v) is 19.4. The van der Waals surface area contributed by atoms with Gasteiger partial charge in [0.2, 0.25) is 0 Å². The molecular formula is C26H33F2N3O2. The molecule has 1 aromatic rings. The number of fused-ring (bicyclic) bond motifs is 7. The van der Waals surface area contributed by atoms with Crippen LogP contribution in [0.2, 0.25) is 0 Å². The first kappa shape index (κ1) is 21.7. The maximum absolute atomic E-state index is 15.1. The van der Waals surface area contributed by atoms with Gasteiger partial charge in [0.15, 0.2) is 11.5 Å². The van der Waals surface area contributed by atoms with Gasteiger partial charge in [0.1, 0.15) is 6.07 Å². The average molecular weight is 458 g/mol. The maximum atomic E-state index is 15.1. The van der Waals surface area contributed by atoms with Crippen LogP contribution in [0.3, 0.4) is 0 Å². The standard InChI is InChI=1S/C26H33F2N3O2/c1-24(33)8-5-16-14(11-24)3-4-18-17(16)6-9-25(2)20(18)22-23(26(22,27)28)21(25)19(32)13-31-10-7-15(12-29)30-31/h7,10,14,16-18,20-23,33H,3-6,8-9,11,13H2,1-2H3/t14-,16+,17-,18-,20-,21+,22+,23-,24-,25+/m1/s1. The van der Waals surface area contributed by atoms with Crippen LogP contribution in [0.25, 0.3) is 0 Å². The van der Waals surface area contributed by atoms with Gasteiger partial charge in [0.25, 0.3) is 5.92 Å². The van der Waals surface area contributed by atoms with Crippen molar-refractivity contribution in [2.75, 3.05) is 0 Å². The summed E-state index contributed by atoms with van der Waals surface area (Å²) in [5.74, 6) is -3.39. The van der Waals surface area contributed by atoms with Gasteiger partial charge in [0.05, 0.1) is 12.1 Å². The zero-order chi connectivity index (χ0) is 23.3. The van der Waals surface area contributed by atoms with Crippen LogP contribution < -0.4 is 0 Å². The van der Waals surface area contributed by atoms with Crippen LogP contribution in [0.4, 0.5) is 8.78 Å². The Labute approximate surface area is 193 Å². The van der Waals surface area contributed by atoms with Crippen molar-refractivity contribution < 1.29 is 18.7 Å². The number of aromatic nitrogens is 2. The van der Waals surface area contributed by atoms with E-state index in [1.54, 1.807) is 12.3 Å². The number of Topliss-reactive ketones (excluding diaryl/α,β-unsaturated/α-hetero) is 1. The summed E-state index contributed by atoms with van der Waals surface area (Å²) in [5, 5.41) is 23.7. The quantitative estimate of drug-likeness (QED) is 0.728. The molecule has 0 radical (unpaired) electrons. The molecule has 0 bridgehead atoms. The van der Waals surface area contributed by atoms with Gasteiger partial charge < -0.3 is 5.11 Å². The van der Waals surface area contributed by atoms with Crippen molar-refractivity contribution in [2.24, 2.45) is 52.8 Å². The topological polar surface area (TPSA) is 78.9 Å². The van der Waals surface area contributed by atoms with Crippen LogP contribution in [0.5, 0.6) is 0 Å². The van der Waals surface area contributed by atoms with Gasteiger partial charge in [-0.15, -0.1) is 0 Å². The molecule has 1 aromatic heterocycles. The van der Waals surface area contributed by atoms with Crippen LogP contribution >= 0.6 is 0 Å². The lowest BCUT2D eigenvalue weighted by Crippen LogP contribution is -2.53. The monoisotopic (exact) mass is 457 g/mol. The third-order valence-electron chi connectivity index (χ3n) is 10.6. The molecule has 5 saturated carbocycles. The van der Waals surface area contributed by atoms with Crippen LogP contribution in [-0.2, 0) is 11.3 Å². The summed E-state index contributed by atoms with van der Waals surface area (Å²) in [6, 6.07) is 3.50. The van der Waals surface area contributed by atoms with Crippen molar-refractivity contribution in [3.8, 4) is 6.07 Å². The summed E-state index contributed by atoms with van der Waals surface area (Å²) in [4.78, 5) is 13.5. The van der Waals surface area contributed by atoms with E-state index in [-0.39, 0.29) is 35.3 Å². The van der Waals surface area contributed by atoms with Crippen LogP contribution in [0, 0.1) is 64.1 Å². The number of hydrogen-bond donors (Lipinski definition) is 1. The van der Waals surface area contributed by atoms with Gasteiger partial charge in [-0.1, -0.05) is 6.92 Å². The normalized spacial score (nSPS) is 49.2. The Morgan fingerprint density at radius 3 is 2.64 bits per heavy atom. The highest BCUT2D eigenvalue weighted by Crippen LogP contribution is 2.79. The van der Waals surface area contributed by atoms with E-state index in [0.717, 1.165) is 44.9 Å². The van der Waals surface area contributed by atoms with Gasteiger partial charge in [0, 0.05) is 24.0 Å². The molecule has 0 unspecified atom stereocenters. The summed E-state index contributed by atoms with van der Waals surface area (Å²) in [6.07, 6.45) is 8.03. The molecule has 33 heavy (non-hydrogen) atoms. The minimum absolute atomic E-state index is 0.0398. The lowest BCUT2D eigenvalue weighted by atomic mass is 9.47. The van der Waals surface area contributed by atoms with Crippen molar-refractivity contribution in [1.29, 1.82) is 5.26 Å². The van der Waals surface area contributed by atoms with Gasteiger partial charge >= 0.3 is 0 Å². The molecule has 178 valence electrons. The Morgan fingerprint density at radius 2 is 1.91 bits per heavy atom. The average Bonchev–Trinajstić information content (AvgIpc) is 3.09. The molecule has 0 spiro atoms. The molecule has 5 aliphatic rings. The Kier molecular flexibility index (Phi) is 4.52. The Hall–Kier alpha value is -1.81. The second kappa shape index (κ2) is 6.87. The van der Waals surface area contributed by atoms with Crippen LogP contribution in [-0.4, -0.2) is 32.2 Å². The molecule has 7 heteroatoms. The number of alkyl halides is 2. The van der Waals surface area contributed by atoms with E-state index in [9.17, 15) is 9.90 Å². The van der Waals surface area contributed by atoms with Crippen molar-refractivity contribution in [1.82, 2.24) is 9.78 Å². The second-order valence-electron chi connectivity index (χ2n) is 12.3. The number of aliphatic hydroxyl groups is 1. The molecule has 5 fully saturated rings. The van der Waals surface area contributed by atoms with E-state index >= 15 is 8.78 Å². The summed E-state index contributed by atoms with van der Waals surface area (Å²) in [6.45, 7) is 4.01. The Morgan fingerprint density at radius 1 is 1.15 bits per heavy atom. The van der Waals surface area contributed by atoms with Gasteiger partial charge in [-0.3, -0.25) is 9.48 Å². The maximum Gasteiger partial charge on any atom is 0.255 e. The first-order valence-corrected chi connectivity index (χ1v) is 12.6. The molecule has 6 rings (SSSR count). The fourth-order valence-corrected chi connectivity index (χ4v) is 9.41. The molecule has 0 aliphatic heterocycles. The van der Waals surface area contributed by atoms with Crippen LogP contribution in [0.15, 0.2) is 12.3 Å². The largest absolute Gasteiger partial charge is 0.390 e. The molecule has 0 amide bonds. The predicted molar refractivity (Wildman–Crippen MR) is 116 cm³/mol. The highest BCUT2D eigenvalue weighted by atomic mass is 19.3. The fraction of sp³-hybridized carbons (Fsp3) is 0.808. The van der Waals surface area contributed by atoms with E-state index in [2.05, 4.69) is 12.0 Å². The van der Waals surface area contributed by atoms with Crippen molar-refractivity contribution in [3.63, 3.8) is 0 Å². The first-order valence-electron chi connectivity index (χ1n) is 12.6. The molecular weight excluding hydrogens is 424 g/mol. The van der Waals surface area contributed by atoms with Crippen molar-refractivity contribution >= 4 is 5.78 Å². The Bertz CT molecular complexity index is 1030. The predicted octanol–water partition coefficient (Wildman–Crippen LogP) is 4.44. The molecule has 5 nitrogen and oxygen atoms in total.